The van der Waals surface area contributed by atoms with E-state index in [1.54, 1.807) is 6.07 Å². The van der Waals surface area contributed by atoms with Crippen LogP contribution in [0.1, 0.15) is 0 Å². The standard InChI is InChI=1S/C3H3N5O2/c4-1-3-6-5-2-7(3)8(9)10/h2-3,6H. The molecule has 1 rings (SSSR count). The van der Waals surface area contributed by atoms with Crippen LogP contribution in [-0.4, -0.2) is 22.5 Å². The number of nitrogens with zero attached hydrogens (tertiary/aromatic N) is 4. The highest BCUT2D eigenvalue weighted by molar-refractivity contribution is 5.55. The number of hydrogen-bond donors (Lipinski definition) is 1. The molecular formula is C3H3N5O2. The molecule has 0 saturated heterocycles. The van der Waals surface area contributed by atoms with Crippen molar-refractivity contribution < 1.29 is 5.03 Å². The maximum Gasteiger partial charge on any atom is 0.267 e. The van der Waals surface area contributed by atoms with Crippen molar-refractivity contribution >= 4 is 6.34 Å². The molecule has 0 bridgehead atoms. The van der Waals surface area contributed by atoms with Crippen LogP contribution in [0, 0.1) is 21.4 Å². The van der Waals surface area contributed by atoms with E-state index >= 15 is 0 Å². The van der Waals surface area contributed by atoms with E-state index in [1.165, 1.54) is 0 Å². The molecule has 1 aliphatic rings. The highest BCUT2D eigenvalue weighted by Gasteiger charge is 2.28. The fourth-order valence-corrected chi connectivity index (χ4v) is 0.513. The maximum absolute atomic E-state index is 10.0. The minimum absolute atomic E-state index is 0.583. The molecule has 7 heteroatoms. The molecule has 0 aromatic carbocycles. The van der Waals surface area contributed by atoms with Crippen LogP contribution in [0.15, 0.2) is 5.10 Å². The fourth-order valence-electron chi connectivity index (χ4n) is 0.513. The lowest BCUT2D eigenvalue weighted by Crippen LogP contribution is -2.39. The Bertz CT molecular complexity index is 217. The third-order valence-corrected chi connectivity index (χ3v) is 0.948. The van der Waals surface area contributed by atoms with Crippen molar-refractivity contribution in [1.29, 1.82) is 5.26 Å². The first kappa shape index (κ1) is 6.28. The van der Waals surface area contributed by atoms with Crippen LogP contribution in [0.4, 0.5) is 0 Å². The molecule has 0 spiro atoms. The number of hydrogen-bond acceptors (Lipinski definition) is 5. The lowest BCUT2D eigenvalue weighted by atomic mass is 10.6. The van der Waals surface area contributed by atoms with E-state index < -0.39 is 11.2 Å². The van der Waals surface area contributed by atoms with Crippen LogP contribution in [0.3, 0.4) is 0 Å². The first-order valence-corrected chi connectivity index (χ1v) is 2.36. The predicted molar refractivity (Wildman–Crippen MR) is 29.9 cm³/mol. The van der Waals surface area contributed by atoms with E-state index in [1.807, 2.05) is 0 Å². The van der Waals surface area contributed by atoms with Crippen molar-refractivity contribution in [3.63, 3.8) is 0 Å². The normalized spacial score (nSPS) is 21.9. The third kappa shape index (κ3) is 0.818. The van der Waals surface area contributed by atoms with Gasteiger partial charge < -0.3 is 0 Å². The molecule has 0 aromatic rings. The minimum atomic E-state index is -0.977. The van der Waals surface area contributed by atoms with Gasteiger partial charge in [-0.25, -0.2) is 10.1 Å². The van der Waals surface area contributed by atoms with Gasteiger partial charge in [-0.15, -0.1) is 0 Å². The van der Waals surface area contributed by atoms with Gasteiger partial charge in [-0.2, -0.15) is 10.4 Å². The van der Waals surface area contributed by atoms with Crippen molar-refractivity contribution in [2.45, 2.75) is 6.17 Å². The third-order valence-electron chi connectivity index (χ3n) is 0.948. The number of nitriles is 1. The molecule has 7 nitrogen and oxygen atoms in total. The van der Waals surface area contributed by atoms with Crippen molar-refractivity contribution in [3.05, 3.63) is 10.1 Å². The van der Waals surface area contributed by atoms with Crippen molar-refractivity contribution in [3.8, 4) is 6.07 Å². The van der Waals surface area contributed by atoms with Gasteiger partial charge in [0.1, 0.15) is 6.07 Å². The average molecular weight is 141 g/mol. The van der Waals surface area contributed by atoms with Gasteiger partial charge in [-0.3, -0.25) is 5.43 Å². The Morgan fingerprint density at radius 1 is 2.00 bits per heavy atom. The molecular weight excluding hydrogens is 138 g/mol. The summed E-state index contributed by atoms with van der Waals surface area (Å²) in [6.07, 6.45) is -0.0246. The van der Waals surface area contributed by atoms with Crippen molar-refractivity contribution in [2.75, 3.05) is 0 Å². The van der Waals surface area contributed by atoms with Crippen LogP contribution >= 0.6 is 0 Å². The largest absolute Gasteiger partial charge is 0.268 e. The van der Waals surface area contributed by atoms with Gasteiger partial charge in [-0.1, -0.05) is 0 Å². The molecule has 1 heterocycles. The first-order valence-electron chi connectivity index (χ1n) is 2.36. The lowest BCUT2D eigenvalue weighted by Gasteiger charge is -2.04. The lowest BCUT2D eigenvalue weighted by molar-refractivity contribution is -0.631. The summed E-state index contributed by atoms with van der Waals surface area (Å²) in [7, 11) is 0. The van der Waals surface area contributed by atoms with Gasteiger partial charge in [-0.05, 0) is 5.01 Å². The van der Waals surface area contributed by atoms with Crippen LogP contribution in [0.25, 0.3) is 0 Å². The van der Waals surface area contributed by atoms with Crippen LogP contribution in [0.5, 0.6) is 0 Å². The van der Waals surface area contributed by atoms with Crippen LogP contribution < -0.4 is 5.43 Å². The number of nitro groups is 1. The molecule has 0 saturated carbocycles. The summed E-state index contributed by atoms with van der Waals surface area (Å²) >= 11 is 0. The molecule has 0 fully saturated rings. The van der Waals surface area contributed by atoms with E-state index in [2.05, 4.69) is 10.5 Å². The molecule has 52 valence electrons. The Balaban J connectivity index is 2.68. The van der Waals surface area contributed by atoms with Gasteiger partial charge in [0.15, 0.2) is 11.4 Å². The Labute approximate surface area is 55.7 Å². The predicted octanol–water partition coefficient (Wildman–Crippen LogP) is -1.12. The Kier molecular flexibility index (Phi) is 1.37. The summed E-state index contributed by atoms with van der Waals surface area (Å²) < 4.78 is 0. The number of hydrazone groups is 1. The molecule has 0 amide bonds. The quantitative estimate of drug-likeness (QED) is 0.368. The molecule has 10 heavy (non-hydrogen) atoms. The monoisotopic (exact) mass is 141 g/mol. The highest BCUT2D eigenvalue weighted by Crippen LogP contribution is 1.96. The van der Waals surface area contributed by atoms with Gasteiger partial charge in [0, 0.05) is 0 Å². The topological polar surface area (TPSA) is 94.6 Å². The summed E-state index contributed by atoms with van der Waals surface area (Å²) in [6, 6.07) is 1.64. The van der Waals surface area contributed by atoms with Crippen LogP contribution in [0.2, 0.25) is 0 Å². The first-order chi connectivity index (χ1) is 4.75. The zero-order chi connectivity index (χ0) is 7.56. The smallest absolute Gasteiger partial charge is 0.267 e. The molecule has 1 N–H and O–H groups in total. The molecule has 1 aliphatic heterocycles. The summed E-state index contributed by atoms with van der Waals surface area (Å²) in [5.74, 6) is 0. The fraction of sp³-hybridized carbons (Fsp3) is 0.333. The molecule has 1 unspecified atom stereocenters. The minimum Gasteiger partial charge on any atom is -0.268 e. The van der Waals surface area contributed by atoms with Crippen LogP contribution in [-0.2, 0) is 0 Å². The number of hydrazine groups is 1. The van der Waals surface area contributed by atoms with E-state index in [0.29, 0.717) is 5.01 Å². The van der Waals surface area contributed by atoms with Gasteiger partial charge >= 0.3 is 0 Å². The van der Waals surface area contributed by atoms with Gasteiger partial charge in [0.25, 0.3) is 6.17 Å². The van der Waals surface area contributed by atoms with Gasteiger partial charge in [0.2, 0.25) is 0 Å². The number of nitrogens with one attached hydrogen (secondary N) is 1. The summed E-state index contributed by atoms with van der Waals surface area (Å²) in [6.45, 7) is 0. The summed E-state index contributed by atoms with van der Waals surface area (Å²) in [4.78, 5) is 10.0. The van der Waals surface area contributed by atoms with Gasteiger partial charge in [0.05, 0.1) is 0 Å². The summed E-state index contributed by atoms with van der Waals surface area (Å²) in [5.41, 5.74) is 2.23. The SMILES string of the molecule is N#CC1NN=CN1[N+](=O)[O-]. The Hall–Kier alpha value is -1.84. The molecule has 0 aliphatic carbocycles. The van der Waals surface area contributed by atoms with Crippen molar-refractivity contribution in [2.24, 2.45) is 5.10 Å². The van der Waals surface area contributed by atoms with E-state index in [9.17, 15) is 10.1 Å². The number of rotatable bonds is 1. The average Bonchev–Trinajstić information content (AvgIpc) is 2.33. The zero-order valence-corrected chi connectivity index (χ0v) is 4.76. The second kappa shape index (κ2) is 2.18. The maximum atomic E-state index is 10.0. The Morgan fingerprint density at radius 2 is 2.70 bits per heavy atom. The van der Waals surface area contributed by atoms with E-state index in [4.69, 9.17) is 5.26 Å². The zero-order valence-electron chi connectivity index (χ0n) is 4.76. The van der Waals surface area contributed by atoms with E-state index in [0.717, 1.165) is 6.34 Å². The van der Waals surface area contributed by atoms with E-state index in [-0.39, 0.29) is 0 Å². The summed E-state index contributed by atoms with van der Waals surface area (Å²) in [5, 5.41) is 21.5. The van der Waals surface area contributed by atoms with Crippen molar-refractivity contribution in [1.82, 2.24) is 10.4 Å². The molecule has 0 aromatic heterocycles. The second-order valence-electron chi connectivity index (χ2n) is 1.52. The Morgan fingerprint density at radius 3 is 3.10 bits per heavy atom. The molecule has 0 radical (unpaired) electrons. The highest BCUT2D eigenvalue weighted by atomic mass is 16.7. The second-order valence-corrected chi connectivity index (χ2v) is 1.52. The molecule has 1 atom stereocenters.